The Labute approximate surface area is 154 Å². The SMILES string of the molecule is CCCCCc1ccc(C(CCCC)C(=O)CC2CCCCO2)cc1. The average molecular weight is 345 g/mol. The van der Waals surface area contributed by atoms with Gasteiger partial charge in [0.05, 0.1) is 6.10 Å². The van der Waals surface area contributed by atoms with E-state index in [9.17, 15) is 4.79 Å². The first-order valence-electron chi connectivity index (χ1n) is 10.5. The third-order valence-electron chi connectivity index (χ3n) is 5.39. The molecule has 1 fully saturated rings. The molecule has 0 saturated carbocycles. The molecule has 1 aliphatic heterocycles. The molecule has 0 aromatic heterocycles. The number of carbonyl (C=O) groups excluding carboxylic acids is 1. The van der Waals surface area contributed by atoms with Crippen LogP contribution in [0.5, 0.6) is 0 Å². The van der Waals surface area contributed by atoms with E-state index in [0.29, 0.717) is 12.2 Å². The Balaban J connectivity index is 1.98. The Morgan fingerprint density at radius 1 is 1.08 bits per heavy atom. The lowest BCUT2D eigenvalue weighted by Gasteiger charge is -2.24. The molecule has 1 aromatic carbocycles. The molecule has 1 aromatic rings. The average Bonchev–Trinajstić information content (AvgIpc) is 2.64. The zero-order valence-corrected chi connectivity index (χ0v) is 16.3. The van der Waals surface area contributed by atoms with E-state index in [1.165, 1.54) is 36.8 Å². The molecule has 140 valence electrons. The van der Waals surface area contributed by atoms with Gasteiger partial charge in [0.1, 0.15) is 5.78 Å². The van der Waals surface area contributed by atoms with Gasteiger partial charge >= 0.3 is 0 Å². The molecule has 0 amide bonds. The van der Waals surface area contributed by atoms with Gasteiger partial charge in [-0.25, -0.2) is 0 Å². The molecule has 2 unspecified atom stereocenters. The Bertz CT molecular complexity index is 485. The second-order valence-corrected chi connectivity index (χ2v) is 7.55. The second kappa shape index (κ2) is 11.5. The molecule has 25 heavy (non-hydrogen) atoms. The number of unbranched alkanes of at least 4 members (excludes halogenated alkanes) is 3. The molecule has 1 heterocycles. The lowest BCUT2D eigenvalue weighted by Crippen LogP contribution is -2.25. The van der Waals surface area contributed by atoms with Crippen molar-refractivity contribution in [2.24, 2.45) is 0 Å². The highest BCUT2D eigenvalue weighted by Crippen LogP contribution is 2.28. The molecule has 0 aliphatic carbocycles. The van der Waals surface area contributed by atoms with Crippen molar-refractivity contribution in [3.8, 4) is 0 Å². The standard InChI is InChI=1S/C23H36O2/c1-3-5-7-10-19-13-15-20(16-14-19)22(12-6-4-2)23(24)18-21-11-8-9-17-25-21/h13-16,21-22H,3-12,17-18H2,1-2H3. The number of Topliss-reactive ketones (excluding diaryl/α,β-unsaturated/α-hetero) is 1. The zero-order chi connectivity index (χ0) is 17.9. The van der Waals surface area contributed by atoms with Crippen LogP contribution in [0.15, 0.2) is 24.3 Å². The minimum atomic E-state index is 0.0511. The summed E-state index contributed by atoms with van der Waals surface area (Å²) in [4.78, 5) is 12.9. The maximum absolute atomic E-state index is 12.9. The number of rotatable bonds is 11. The van der Waals surface area contributed by atoms with Crippen LogP contribution in [0.4, 0.5) is 0 Å². The molecule has 0 radical (unpaired) electrons. The third kappa shape index (κ3) is 6.93. The highest BCUT2D eigenvalue weighted by molar-refractivity contribution is 5.86. The Hall–Kier alpha value is -1.15. The van der Waals surface area contributed by atoms with Crippen LogP contribution >= 0.6 is 0 Å². The summed E-state index contributed by atoms with van der Waals surface area (Å²) >= 11 is 0. The van der Waals surface area contributed by atoms with Crippen LogP contribution < -0.4 is 0 Å². The van der Waals surface area contributed by atoms with Gasteiger partial charge in [-0.1, -0.05) is 63.8 Å². The second-order valence-electron chi connectivity index (χ2n) is 7.55. The lowest BCUT2D eigenvalue weighted by molar-refractivity contribution is -0.124. The summed E-state index contributed by atoms with van der Waals surface area (Å²) in [5.74, 6) is 0.425. The predicted molar refractivity (Wildman–Crippen MR) is 105 cm³/mol. The molecule has 0 spiro atoms. The molecule has 1 aliphatic rings. The van der Waals surface area contributed by atoms with Crippen molar-refractivity contribution in [2.45, 2.75) is 96.5 Å². The number of hydrogen-bond acceptors (Lipinski definition) is 2. The van der Waals surface area contributed by atoms with Crippen LogP contribution in [0.25, 0.3) is 0 Å². The lowest BCUT2D eigenvalue weighted by atomic mass is 9.86. The Kier molecular flexibility index (Phi) is 9.25. The first-order valence-corrected chi connectivity index (χ1v) is 10.5. The predicted octanol–water partition coefficient (Wildman–Crippen LogP) is 6.22. The number of carbonyl (C=O) groups is 1. The molecule has 0 bridgehead atoms. The van der Waals surface area contributed by atoms with Crippen LogP contribution in [-0.4, -0.2) is 18.5 Å². The van der Waals surface area contributed by atoms with Crippen LogP contribution in [-0.2, 0) is 16.0 Å². The van der Waals surface area contributed by atoms with Gasteiger partial charge in [-0.15, -0.1) is 0 Å². The van der Waals surface area contributed by atoms with E-state index in [1.807, 2.05) is 0 Å². The highest BCUT2D eigenvalue weighted by Gasteiger charge is 2.25. The number of ketones is 1. The van der Waals surface area contributed by atoms with Gasteiger partial charge < -0.3 is 4.74 Å². The first-order chi connectivity index (χ1) is 12.2. The van der Waals surface area contributed by atoms with Gasteiger partial charge in [-0.2, -0.15) is 0 Å². The van der Waals surface area contributed by atoms with Crippen LogP contribution in [0.2, 0.25) is 0 Å². The molecular formula is C23H36O2. The maximum Gasteiger partial charge on any atom is 0.142 e. The van der Waals surface area contributed by atoms with Gasteiger partial charge in [0.2, 0.25) is 0 Å². The normalized spacial score (nSPS) is 18.9. The molecule has 2 atom stereocenters. The van der Waals surface area contributed by atoms with Crippen LogP contribution in [0.3, 0.4) is 0 Å². The largest absolute Gasteiger partial charge is 0.378 e. The van der Waals surface area contributed by atoms with Crippen molar-refractivity contribution in [2.75, 3.05) is 6.61 Å². The molecule has 2 nitrogen and oxygen atoms in total. The fourth-order valence-corrected chi connectivity index (χ4v) is 3.75. The number of hydrogen-bond donors (Lipinski definition) is 0. The van der Waals surface area contributed by atoms with Crippen molar-refractivity contribution >= 4 is 5.78 Å². The summed E-state index contributed by atoms with van der Waals surface area (Å²) in [6.45, 7) is 5.26. The van der Waals surface area contributed by atoms with Gasteiger partial charge in [0.25, 0.3) is 0 Å². The van der Waals surface area contributed by atoms with E-state index in [2.05, 4.69) is 38.1 Å². The van der Waals surface area contributed by atoms with E-state index in [4.69, 9.17) is 4.74 Å². The number of benzene rings is 1. The van der Waals surface area contributed by atoms with Gasteiger partial charge in [0, 0.05) is 18.9 Å². The van der Waals surface area contributed by atoms with Gasteiger partial charge in [0.15, 0.2) is 0 Å². The molecular weight excluding hydrogens is 308 g/mol. The third-order valence-corrected chi connectivity index (χ3v) is 5.39. The fourth-order valence-electron chi connectivity index (χ4n) is 3.75. The molecule has 2 heteroatoms. The monoisotopic (exact) mass is 344 g/mol. The molecule has 2 rings (SSSR count). The quantitative estimate of drug-likeness (QED) is 0.445. The van der Waals surface area contributed by atoms with Crippen molar-refractivity contribution in [3.05, 3.63) is 35.4 Å². The van der Waals surface area contributed by atoms with E-state index in [0.717, 1.165) is 45.1 Å². The van der Waals surface area contributed by atoms with Crippen molar-refractivity contribution in [1.82, 2.24) is 0 Å². The van der Waals surface area contributed by atoms with E-state index in [1.54, 1.807) is 0 Å². The first kappa shape index (κ1) is 20.2. The molecule has 0 N–H and O–H groups in total. The van der Waals surface area contributed by atoms with Crippen molar-refractivity contribution in [1.29, 1.82) is 0 Å². The van der Waals surface area contributed by atoms with Crippen LogP contribution in [0.1, 0.15) is 95.1 Å². The summed E-state index contributed by atoms with van der Waals surface area (Å²) < 4.78 is 5.79. The van der Waals surface area contributed by atoms with Crippen molar-refractivity contribution < 1.29 is 9.53 Å². The summed E-state index contributed by atoms with van der Waals surface area (Å²) in [7, 11) is 0. The van der Waals surface area contributed by atoms with Gasteiger partial charge in [-0.05, 0) is 49.7 Å². The Morgan fingerprint density at radius 3 is 2.48 bits per heavy atom. The minimum Gasteiger partial charge on any atom is -0.378 e. The minimum absolute atomic E-state index is 0.0511. The highest BCUT2D eigenvalue weighted by atomic mass is 16.5. The Morgan fingerprint density at radius 2 is 1.84 bits per heavy atom. The molecule has 1 saturated heterocycles. The van der Waals surface area contributed by atoms with Crippen molar-refractivity contribution in [3.63, 3.8) is 0 Å². The van der Waals surface area contributed by atoms with E-state index < -0.39 is 0 Å². The summed E-state index contributed by atoms with van der Waals surface area (Å²) in [6.07, 6.45) is 12.3. The van der Waals surface area contributed by atoms with E-state index in [-0.39, 0.29) is 12.0 Å². The number of ether oxygens (including phenoxy) is 1. The zero-order valence-electron chi connectivity index (χ0n) is 16.3. The summed E-state index contributed by atoms with van der Waals surface area (Å²) in [5, 5.41) is 0. The smallest absolute Gasteiger partial charge is 0.142 e. The van der Waals surface area contributed by atoms with E-state index >= 15 is 0 Å². The topological polar surface area (TPSA) is 26.3 Å². The summed E-state index contributed by atoms with van der Waals surface area (Å²) in [5.41, 5.74) is 2.60. The van der Waals surface area contributed by atoms with Gasteiger partial charge in [-0.3, -0.25) is 4.79 Å². The van der Waals surface area contributed by atoms with Crippen LogP contribution in [0, 0.1) is 0 Å². The number of aryl methyl sites for hydroxylation is 1. The fraction of sp³-hybridized carbons (Fsp3) is 0.696. The summed E-state index contributed by atoms with van der Waals surface area (Å²) in [6, 6.07) is 8.85. The maximum atomic E-state index is 12.9.